The highest BCUT2D eigenvalue weighted by Crippen LogP contribution is 2.29. The average Bonchev–Trinajstić information content (AvgIpc) is 3.09. The van der Waals surface area contributed by atoms with Gasteiger partial charge in [0.05, 0.1) is 11.4 Å². The molecule has 0 aromatic heterocycles. The van der Waals surface area contributed by atoms with E-state index in [1.54, 1.807) is 18.0 Å². The molecule has 8 heteroatoms. The van der Waals surface area contributed by atoms with E-state index in [0.29, 0.717) is 15.8 Å². The van der Waals surface area contributed by atoms with Gasteiger partial charge in [-0.25, -0.2) is 4.99 Å². The average molecular weight is 442 g/mol. The second kappa shape index (κ2) is 9.12. The Morgan fingerprint density at radius 2 is 2.00 bits per heavy atom. The Kier molecular flexibility index (Phi) is 6.32. The van der Waals surface area contributed by atoms with Crippen LogP contribution in [-0.2, 0) is 4.79 Å². The van der Waals surface area contributed by atoms with E-state index in [1.807, 2.05) is 42.5 Å². The van der Waals surface area contributed by atoms with E-state index in [4.69, 9.17) is 28.8 Å². The number of fused-ring (bicyclic) bond motifs is 1. The van der Waals surface area contributed by atoms with Crippen LogP contribution >= 0.6 is 23.8 Å². The van der Waals surface area contributed by atoms with Crippen molar-refractivity contribution in [3.05, 3.63) is 64.7 Å². The van der Waals surface area contributed by atoms with E-state index in [-0.39, 0.29) is 5.91 Å². The van der Waals surface area contributed by atoms with Gasteiger partial charge in [0.25, 0.3) is 5.91 Å². The Morgan fingerprint density at radius 1 is 1.20 bits per heavy atom. The van der Waals surface area contributed by atoms with E-state index < -0.39 is 6.17 Å². The minimum Gasteiger partial charge on any atom is -0.348 e. The molecule has 6 nitrogen and oxygen atoms in total. The number of aliphatic imine (C=N–C) groups is 1. The zero-order chi connectivity index (χ0) is 21.1. The minimum atomic E-state index is -0.819. The molecule has 30 heavy (non-hydrogen) atoms. The Labute approximate surface area is 186 Å². The molecule has 1 atom stereocenters. The van der Waals surface area contributed by atoms with Gasteiger partial charge < -0.3 is 20.4 Å². The monoisotopic (exact) mass is 441 g/mol. The third-order valence-corrected chi connectivity index (χ3v) is 5.94. The third kappa shape index (κ3) is 4.33. The maximum atomic E-state index is 13.3. The summed E-state index contributed by atoms with van der Waals surface area (Å²) in [7, 11) is 1.76. The number of anilines is 1. The van der Waals surface area contributed by atoms with Crippen LogP contribution in [0.15, 0.2) is 53.5 Å². The number of amides is 1. The number of hydrogen-bond donors (Lipinski definition) is 2. The standard InChI is InChI=1S/C22H24ClN5OS/c1-27-18-9-8-16(23)14-17(18)19(15-6-3-2-4-7-15)25-20(21(27)29)26-22(30)28-12-5-10-24-11-13-28/h2-4,6-9,14,20,24H,5,10-13H2,1H3,(H,26,30). The van der Waals surface area contributed by atoms with Crippen molar-refractivity contribution in [2.45, 2.75) is 12.6 Å². The quantitative estimate of drug-likeness (QED) is 0.701. The molecule has 156 valence electrons. The number of carbonyl (C=O) groups is 1. The molecule has 0 bridgehead atoms. The summed E-state index contributed by atoms with van der Waals surface area (Å²) < 4.78 is 0. The molecule has 2 aliphatic heterocycles. The number of benzodiazepines with no additional fused rings is 1. The zero-order valence-corrected chi connectivity index (χ0v) is 18.3. The molecule has 1 unspecified atom stereocenters. The fourth-order valence-corrected chi connectivity index (χ4v) is 4.19. The smallest absolute Gasteiger partial charge is 0.272 e. The van der Waals surface area contributed by atoms with Gasteiger partial charge >= 0.3 is 0 Å². The van der Waals surface area contributed by atoms with Crippen molar-refractivity contribution in [1.82, 2.24) is 15.5 Å². The van der Waals surface area contributed by atoms with E-state index in [0.717, 1.165) is 49.4 Å². The van der Waals surface area contributed by atoms with Gasteiger partial charge in [0, 0.05) is 42.8 Å². The van der Waals surface area contributed by atoms with Crippen LogP contribution in [0.2, 0.25) is 5.02 Å². The van der Waals surface area contributed by atoms with Gasteiger partial charge in [-0.1, -0.05) is 41.9 Å². The van der Waals surface area contributed by atoms with Crippen molar-refractivity contribution in [1.29, 1.82) is 0 Å². The molecular formula is C22H24ClN5OS. The van der Waals surface area contributed by atoms with Gasteiger partial charge in [-0.05, 0) is 43.4 Å². The maximum absolute atomic E-state index is 13.3. The SMILES string of the molecule is CN1C(=O)C(NC(=S)N2CCCNCC2)N=C(c2ccccc2)c2cc(Cl)ccc21. The largest absolute Gasteiger partial charge is 0.348 e. The highest BCUT2D eigenvalue weighted by Gasteiger charge is 2.31. The molecule has 2 aromatic carbocycles. The lowest BCUT2D eigenvalue weighted by molar-refractivity contribution is -0.119. The molecule has 2 N–H and O–H groups in total. The van der Waals surface area contributed by atoms with Gasteiger partial charge in [0.15, 0.2) is 5.11 Å². The Hall–Kier alpha value is -2.48. The molecule has 0 aliphatic carbocycles. The number of thiocarbonyl (C=S) groups is 1. The highest BCUT2D eigenvalue weighted by molar-refractivity contribution is 7.80. The van der Waals surface area contributed by atoms with Gasteiger partial charge in [-0.3, -0.25) is 4.79 Å². The second-order valence-electron chi connectivity index (χ2n) is 7.35. The van der Waals surface area contributed by atoms with Gasteiger partial charge in [-0.15, -0.1) is 0 Å². The van der Waals surface area contributed by atoms with Crippen molar-refractivity contribution in [2.24, 2.45) is 4.99 Å². The Morgan fingerprint density at radius 3 is 2.80 bits per heavy atom. The normalized spacial score (nSPS) is 19.5. The molecule has 2 aromatic rings. The summed E-state index contributed by atoms with van der Waals surface area (Å²) in [5.41, 5.74) is 3.21. The fourth-order valence-electron chi connectivity index (χ4n) is 3.72. The van der Waals surface area contributed by atoms with E-state index in [2.05, 4.69) is 15.5 Å². The van der Waals surface area contributed by atoms with E-state index >= 15 is 0 Å². The first-order valence-electron chi connectivity index (χ1n) is 10.0. The summed E-state index contributed by atoms with van der Waals surface area (Å²) in [6.07, 6.45) is 0.183. The van der Waals surface area contributed by atoms with E-state index in [1.165, 1.54) is 0 Å². The number of nitrogens with zero attached hydrogens (tertiary/aromatic N) is 3. The summed E-state index contributed by atoms with van der Waals surface area (Å²) in [5, 5.41) is 7.71. The number of halogens is 1. The minimum absolute atomic E-state index is 0.167. The van der Waals surface area contributed by atoms with Crippen molar-refractivity contribution in [3.63, 3.8) is 0 Å². The van der Waals surface area contributed by atoms with Crippen LogP contribution in [0.4, 0.5) is 5.69 Å². The molecule has 0 radical (unpaired) electrons. The van der Waals surface area contributed by atoms with Crippen LogP contribution in [0.1, 0.15) is 17.5 Å². The first-order valence-corrected chi connectivity index (χ1v) is 10.8. The Balaban J connectivity index is 1.73. The number of benzene rings is 2. The number of hydrogen-bond acceptors (Lipinski definition) is 4. The lowest BCUT2D eigenvalue weighted by atomic mass is 10.0. The lowest BCUT2D eigenvalue weighted by Gasteiger charge is -2.27. The number of nitrogens with one attached hydrogen (secondary N) is 2. The molecule has 2 heterocycles. The topological polar surface area (TPSA) is 60.0 Å². The number of carbonyl (C=O) groups excluding carboxylic acids is 1. The van der Waals surface area contributed by atoms with Crippen molar-refractivity contribution in [3.8, 4) is 0 Å². The van der Waals surface area contributed by atoms with Crippen LogP contribution in [-0.4, -0.2) is 61.0 Å². The highest BCUT2D eigenvalue weighted by atomic mass is 35.5. The molecule has 1 fully saturated rings. The molecule has 0 saturated carbocycles. The van der Waals surface area contributed by atoms with Crippen LogP contribution in [0.3, 0.4) is 0 Å². The molecule has 1 amide bonds. The summed E-state index contributed by atoms with van der Waals surface area (Å²) in [5.74, 6) is -0.167. The summed E-state index contributed by atoms with van der Waals surface area (Å²) in [6.45, 7) is 3.48. The van der Waals surface area contributed by atoms with Gasteiger partial charge in [-0.2, -0.15) is 0 Å². The summed E-state index contributed by atoms with van der Waals surface area (Å²) >= 11 is 11.9. The van der Waals surface area contributed by atoms with E-state index in [9.17, 15) is 4.79 Å². The Bertz CT molecular complexity index is 973. The predicted octanol–water partition coefficient (Wildman–Crippen LogP) is 2.65. The summed E-state index contributed by atoms with van der Waals surface area (Å²) in [6, 6.07) is 15.3. The summed E-state index contributed by atoms with van der Waals surface area (Å²) in [4.78, 5) is 21.8. The molecule has 2 aliphatic rings. The van der Waals surface area contributed by atoms with Crippen molar-refractivity contribution < 1.29 is 4.79 Å². The first-order chi connectivity index (χ1) is 14.5. The lowest BCUT2D eigenvalue weighted by Crippen LogP contribution is -2.51. The number of rotatable bonds is 2. The van der Waals surface area contributed by atoms with Crippen molar-refractivity contribution in [2.75, 3.05) is 38.1 Å². The fraction of sp³-hybridized carbons (Fsp3) is 0.318. The molecule has 4 rings (SSSR count). The maximum Gasteiger partial charge on any atom is 0.272 e. The number of likely N-dealkylation sites (N-methyl/N-ethyl adjacent to an activating group) is 1. The third-order valence-electron chi connectivity index (χ3n) is 5.33. The van der Waals surface area contributed by atoms with Crippen LogP contribution < -0.4 is 15.5 Å². The van der Waals surface area contributed by atoms with Crippen molar-refractivity contribution >= 4 is 46.2 Å². The second-order valence-corrected chi connectivity index (χ2v) is 8.17. The van der Waals surface area contributed by atoms with Crippen LogP contribution in [0, 0.1) is 0 Å². The molecular weight excluding hydrogens is 418 g/mol. The van der Waals surface area contributed by atoms with Gasteiger partial charge in [0.1, 0.15) is 0 Å². The van der Waals surface area contributed by atoms with Crippen LogP contribution in [0.5, 0.6) is 0 Å². The van der Waals surface area contributed by atoms with Gasteiger partial charge in [0.2, 0.25) is 6.17 Å². The zero-order valence-electron chi connectivity index (χ0n) is 16.8. The molecule has 0 spiro atoms. The predicted molar refractivity (Wildman–Crippen MR) is 126 cm³/mol. The van der Waals surface area contributed by atoms with Crippen LogP contribution in [0.25, 0.3) is 0 Å². The molecule has 1 saturated heterocycles. The first kappa shape index (κ1) is 20.8.